The maximum absolute atomic E-state index is 11.4. The van der Waals surface area contributed by atoms with Gasteiger partial charge in [-0.25, -0.2) is 4.98 Å². The molecule has 2 heterocycles. The number of aryl methyl sites for hydroxylation is 1. The molecule has 0 aliphatic carbocycles. The molecule has 0 bridgehead atoms. The Kier molecular flexibility index (Phi) is 2.76. The summed E-state index contributed by atoms with van der Waals surface area (Å²) in [6, 6.07) is 9.26. The van der Waals surface area contributed by atoms with Gasteiger partial charge in [-0.05, 0) is 31.2 Å². The maximum Gasteiger partial charge on any atom is 0.250 e. The van der Waals surface area contributed by atoms with Gasteiger partial charge >= 0.3 is 0 Å². The highest BCUT2D eigenvalue weighted by atomic mass is 32.1. The lowest BCUT2D eigenvalue weighted by Crippen LogP contribution is -2.12. The van der Waals surface area contributed by atoms with E-state index in [1.807, 2.05) is 25.1 Å². The summed E-state index contributed by atoms with van der Waals surface area (Å²) < 4.78 is 1.12. The fourth-order valence-corrected chi connectivity index (χ4v) is 2.83. The lowest BCUT2D eigenvalue weighted by Gasteiger charge is -2.05. The molecule has 19 heavy (non-hydrogen) atoms. The van der Waals surface area contributed by atoms with Crippen molar-refractivity contribution in [1.82, 2.24) is 9.97 Å². The molecule has 0 aliphatic heterocycles. The molecular formula is C14H11N3OS. The minimum absolute atomic E-state index is 0.425. The Bertz CT molecular complexity index is 779. The molecule has 0 radical (unpaired) electrons. The standard InChI is InChI=1S/C14H11N3OS/c1-8-17-11-7-9(4-5-12(11)19-8)13-10(14(15)18)3-2-6-16-13/h2-7H,1H3,(H2,15,18). The second-order valence-electron chi connectivity index (χ2n) is 4.18. The quantitative estimate of drug-likeness (QED) is 0.777. The van der Waals surface area contributed by atoms with Crippen LogP contribution >= 0.6 is 11.3 Å². The van der Waals surface area contributed by atoms with Gasteiger partial charge in [-0.15, -0.1) is 11.3 Å². The summed E-state index contributed by atoms with van der Waals surface area (Å²) in [6.07, 6.45) is 1.65. The van der Waals surface area contributed by atoms with Gasteiger partial charge in [-0.3, -0.25) is 9.78 Å². The van der Waals surface area contributed by atoms with Gasteiger partial charge in [0.25, 0.3) is 5.91 Å². The summed E-state index contributed by atoms with van der Waals surface area (Å²) in [5.41, 5.74) is 8.17. The Morgan fingerprint density at radius 1 is 1.32 bits per heavy atom. The lowest BCUT2D eigenvalue weighted by atomic mass is 10.1. The minimum Gasteiger partial charge on any atom is -0.366 e. The number of pyridine rings is 1. The number of thiazole rings is 1. The van der Waals surface area contributed by atoms with Crippen molar-refractivity contribution in [2.24, 2.45) is 5.73 Å². The molecule has 1 amide bonds. The molecule has 3 rings (SSSR count). The highest BCUT2D eigenvalue weighted by molar-refractivity contribution is 7.18. The molecule has 0 fully saturated rings. The number of nitrogens with two attached hydrogens (primary N) is 1. The number of fused-ring (bicyclic) bond motifs is 1. The average molecular weight is 269 g/mol. The number of hydrogen-bond acceptors (Lipinski definition) is 4. The number of hydrogen-bond donors (Lipinski definition) is 1. The van der Waals surface area contributed by atoms with Crippen LogP contribution in [0.15, 0.2) is 36.5 Å². The summed E-state index contributed by atoms with van der Waals surface area (Å²) in [5, 5.41) is 1.02. The summed E-state index contributed by atoms with van der Waals surface area (Å²) in [4.78, 5) is 20.1. The molecule has 0 aliphatic rings. The molecule has 0 atom stereocenters. The van der Waals surface area contributed by atoms with Crippen LogP contribution in [0.1, 0.15) is 15.4 Å². The van der Waals surface area contributed by atoms with Crippen LogP contribution in [0.4, 0.5) is 0 Å². The number of primary amides is 1. The van der Waals surface area contributed by atoms with Crippen molar-refractivity contribution in [3.63, 3.8) is 0 Å². The van der Waals surface area contributed by atoms with Crippen LogP contribution in [0.25, 0.3) is 21.5 Å². The molecule has 3 aromatic rings. The van der Waals surface area contributed by atoms with Gasteiger partial charge < -0.3 is 5.73 Å². The molecule has 1 aromatic carbocycles. The molecule has 4 nitrogen and oxygen atoms in total. The zero-order valence-corrected chi connectivity index (χ0v) is 11.1. The smallest absolute Gasteiger partial charge is 0.250 e. The van der Waals surface area contributed by atoms with Crippen molar-refractivity contribution >= 4 is 27.5 Å². The van der Waals surface area contributed by atoms with Crippen LogP contribution in [0.2, 0.25) is 0 Å². The van der Waals surface area contributed by atoms with Gasteiger partial charge in [0.2, 0.25) is 0 Å². The number of benzene rings is 1. The third-order valence-electron chi connectivity index (χ3n) is 2.84. The number of carbonyl (C=O) groups excluding carboxylic acids is 1. The van der Waals surface area contributed by atoms with E-state index in [-0.39, 0.29) is 0 Å². The van der Waals surface area contributed by atoms with Gasteiger partial charge in [-0.2, -0.15) is 0 Å². The van der Waals surface area contributed by atoms with E-state index in [4.69, 9.17) is 5.73 Å². The molecule has 5 heteroatoms. The van der Waals surface area contributed by atoms with E-state index in [2.05, 4.69) is 9.97 Å². The van der Waals surface area contributed by atoms with Crippen molar-refractivity contribution in [3.05, 3.63) is 47.1 Å². The van der Waals surface area contributed by atoms with E-state index in [0.717, 1.165) is 20.8 Å². The summed E-state index contributed by atoms with van der Waals surface area (Å²) in [7, 11) is 0. The SMILES string of the molecule is Cc1nc2cc(-c3ncccc3C(N)=O)ccc2s1. The molecule has 0 saturated heterocycles. The first-order chi connectivity index (χ1) is 9.15. The predicted molar refractivity (Wildman–Crippen MR) is 76.1 cm³/mol. The summed E-state index contributed by atoms with van der Waals surface area (Å²) >= 11 is 1.64. The molecule has 2 aromatic heterocycles. The largest absolute Gasteiger partial charge is 0.366 e. The van der Waals surface area contributed by atoms with Gasteiger partial charge in [0.1, 0.15) is 0 Å². The van der Waals surface area contributed by atoms with Crippen molar-refractivity contribution in [2.45, 2.75) is 6.92 Å². The first-order valence-corrected chi connectivity index (χ1v) is 6.59. The molecule has 2 N–H and O–H groups in total. The third kappa shape index (κ3) is 2.08. The van der Waals surface area contributed by atoms with E-state index in [1.54, 1.807) is 29.7 Å². The summed E-state index contributed by atoms with van der Waals surface area (Å²) in [5.74, 6) is -0.474. The zero-order chi connectivity index (χ0) is 13.4. The van der Waals surface area contributed by atoms with Crippen LogP contribution < -0.4 is 5.73 Å². The van der Waals surface area contributed by atoms with E-state index in [1.165, 1.54) is 0 Å². The number of amides is 1. The van der Waals surface area contributed by atoms with Crippen molar-refractivity contribution in [1.29, 1.82) is 0 Å². The van der Waals surface area contributed by atoms with Crippen molar-refractivity contribution in [2.75, 3.05) is 0 Å². The lowest BCUT2D eigenvalue weighted by molar-refractivity contribution is 0.100. The Hall–Kier alpha value is -2.27. The first kappa shape index (κ1) is 11.8. The number of carbonyl (C=O) groups is 1. The average Bonchev–Trinajstić information content (AvgIpc) is 2.77. The second kappa shape index (κ2) is 4.44. The molecular weight excluding hydrogens is 258 g/mol. The van der Waals surface area contributed by atoms with E-state index >= 15 is 0 Å². The molecule has 94 valence electrons. The van der Waals surface area contributed by atoms with E-state index in [9.17, 15) is 4.79 Å². The van der Waals surface area contributed by atoms with E-state index < -0.39 is 5.91 Å². The number of rotatable bonds is 2. The third-order valence-corrected chi connectivity index (χ3v) is 3.79. The molecule has 0 spiro atoms. The van der Waals surface area contributed by atoms with Gasteiger partial charge in [0.05, 0.1) is 26.5 Å². The maximum atomic E-state index is 11.4. The zero-order valence-electron chi connectivity index (χ0n) is 10.3. The van der Waals surface area contributed by atoms with Gasteiger partial charge in [0.15, 0.2) is 0 Å². The Balaban J connectivity index is 2.21. The fraction of sp³-hybridized carbons (Fsp3) is 0.0714. The van der Waals surface area contributed by atoms with E-state index in [0.29, 0.717) is 11.3 Å². The molecule has 0 unspecified atom stereocenters. The topological polar surface area (TPSA) is 68.9 Å². The number of aromatic nitrogens is 2. The second-order valence-corrected chi connectivity index (χ2v) is 5.41. The number of nitrogens with zero attached hydrogens (tertiary/aromatic N) is 2. The van der Waals surface area contributed by atoms with Crippen LogP contribution in [-0.2, 0) is 0 Å². The van der Waals surface area contributed by atoms with Gasteiger partial charge in [-0.1, -0.05) is 6.07 Å². The Labute approximate surface area is 113 Å². The molecule has 0 saturated carbocycles. The summed E-state index contributed by atoms with van der Waals surface area (Å²) in [6.45, 7) is 1.97. The van der Waals surface area contributed by atoms with Crippen LogP contribution in [-0.4, -0.2) is 15.9 Å². The Morgan fingerprint density at radius 2 is 2.16 bits per heavy atom. The monoisotopic (exact) mass is 269 g/mol. The van der Waals surface area contributed by atoms with Crippen LogP contribution in [0, 0.1) is 6.92 Å². The predicted octanol–water partition coefficient (Wildman–Crippen LogP) is 2.77. The highest BCUT2D eigenvalue weighted by Crippen LogP contribution is 2.28. The van der Waals surface area contributed by atoms with Crippen LogP contribution in [0.5, 0.6) is 0 Å². The van der Waals surface area contributed by atoms with Crippen molar-refractivity contribution < 1.29 is 4.79 Å². The highest BCUT2D eigenvalue weighted by Gasteiger charge is 2.12. The Morgan fingerprint density at radius 3 is 2.95 bits per heavy atom. The van der Waals surface area contributed by atoms with Crippen LogP contribution in [0.3, 0.4) is 0 Å². The first-order valence-electron chi connectivity index (χ1n) is 5.77. The minimum atomic E-state index is -0.474. The fourth-order valence-electron chi connectivity index (χ4n) is 2.02. The van der Waals surface area contributed by atoms with Gasteiger partial charge in [0, 0.05) is 11.8 Å². The van der Waals surface area contributed by atoms with Crippen molar-refractivity contribution in [3.8, 4) is 11.3 Å². The normalized spacial score (nSPS) is 10.8.